The molecular formula is C16H14BrN. The van der Waals surface area contributed by atoms with Crippen molar-refractivity contribution in [3.05, 3.63) is 64.1 Å². The Morgan fingerprint density at radius 1 is 1.00 bits per heavy atom. The molecule has 0 N–H and O–H groups in total. The predicted molar refractivity (Wildman–Crippen MR) is 79.8 cm³/mol. The van der Waals surface area contributed by atoms with Crippen LogP contribution in [0.15, 0.2) is 58.0 Å². The highest BCUT2D eigenvalue weighted by molar-refractivity contribution is 9.10. The standard InChI is InChI=1S/C16H14BrN/c1-16(2)13-10-12(17)8-9-14(13)18-15(16)11-6-4-3-5-7-11/h3-10H,1-2H3. The van der Waals surface area contributed by atoms with Crippen molar-refractivity contribution in [3.8, 4) is 0 Å². The van der Waals surface area contributed by atoms with Crippen molar-refractivity contribution in [1.82, 2.24) is 0 Å². The molecule has 2 heteroatoms. The lowest BCUT2D eigenvalue weighted by Crippen LogP contribution is -2.26. The Morgan fingerprint density at radius 3 is 2.44 bits per heavy atom. The van der Waals surface area contributed by atoms with Gasteiger partial charge in [0, 0.05) is 9.89 Å². The van der Waals surface area contributed by atoms with Crippen LogP contribution in [-0.2, 0) is 5.41 Å². The summed E-state index contributed by atoms with van der Waals surface area (Å²) in [6.07, 6.45) is 0. The molecule has 2 aromatic carbocycles. The van der Waals surface area contributed by atoms with Crippen molar-refractivity contribution < 1.29 is 0 Å². The summed E-state index contributed by atoms with van der Waals surface area (Å²) in [5.41, 5.74) is 4.68. The van der Waals surface area contributed by atoms with E-state index in [0.29, 0.717) is 0 Å². The van der Waals surface area contributed by atoms with Crippen molar-refractivity contribution in [2.45, 2.75) is 19.3 Å². The smallest absolute Gasteiger partial charge is 0.0675 e. The monoisotopic (exact) mass is 299 g/mol. The number of rotatable bonds is 1. The van der Waals surface area contributed by atoms with E-state index in [0.717, 1.165) is 15.9 Å². The lowest BCUT2D eigenvalue weighted by molar-refractivity contribution is 0.737. The number of benzene rings is 2. The third-order valence-corrected chi connectivity index (χ3v) is 4.00. The molecule has 0 bridgehead atoms. The van der Waals surface area contributed by atoms with E-state index in [9.17, 15) is 0 Å². The van der Waals surface area contributed by atoms with Crippen molar-refractivity contribution >= 4 is 27.3 Å². The molecule has 0 aliphatic carbocycles. The maximum Gasteiger partial charge on any atom is 0.0675 e. The maximum absolute atomic E-state index is 4.81. The Bertz CT molecular complexity index is 627. The van der Waals surface area contributed by atoms with E-state index in [1.165, 1.54) is 11.1 Å². The van der Waals surface area contributed by atoms with Gasteiger partial charge in [0.25, 0.3) is 0 Å². The Labute approximate surface area is 116 Å². The number of fused-ring (bicyclic) bond motifs is 1. The first-order valence-corrected chi connectivity index (χ1v) is 6.83. The SMILES string of the molecule is CC1(C)C(c2ccccc2)=Nc2ccc(Br)cc21. The molecule has 1 nitrogen and oxygen atoms in total. The molecule has 0 atom stereocenters. The molecule has 0 saturated carbocycles. The Hall–Kier alpha value is -1.41. The van der Waals surface area contributed by atoms with Gasteiger partial charge in [-0.2, -0.15) is 0 Å². The van der Waals surface area contributed by atoms with Gasteiger partial charge in [-0.3, -0.25) is 4.99 Å². The molecule has 0 aromatic heterocycles. The summed E-state index contributed by atoms with van der Waals surface area (Å²) in [6, 6.07) is 16.7. The summed E-state index contributed by atoms with van der Waals surface area (Å²) < 4.78 is 1.11. The molecular weight excluding hydrogens is 286 g/mol. The van der Waals surface area contributed by atoms with Crippen LogP contribution in [0.3, 0.4) is 0 Å². The molecule has 0 radical (unpaired) electrons. The zero-order chi connectivity index (χ0) is 12.8. The van der Waals surface area contributed by atoms with Crippen LogP contribution >= 0.6 is 15.9 Å². The summed E-state index contributed by atoms with van der Waals surface area (Å²) in [5, 5.41) is 0. The van der Waals surface area contributed by atoms with Crippen LogP contribution in [0.1, 0.15) is 25.0 Å². The Balaban J connectivity index is 2.16. The van der Waals surface area contributed by atoms with Crippen LogP contribution < -0.4 is 0 Å². The van der Waals surface area contributed by atoms with Crippen LogP contribution in [-0.4, -0.2) is 5.71 Å². The van der Waals surface area contributed by atoms with Gasteiger partial charge >= 0.3 is 0 Å². The van der Waals surface area contributed by atoms with Gasteiger partial charge in [0.15, 0.2) is 0 Å². The van der Waals surface area contributed by atoms with Gasteiger partial charge in [-0.1, -0.05) is 60.1 Å². The fraction of sp³-hybridized carbons (Fsp3) is 0.188. The highest BCUT2D eigenvalue weighted by atomic mass is 79.9. The second-order valence-corrected chi connectivity index (χ2v) is 6.03. The van der Waals surface area contributed by atoms with Crippen molar-refractivity contribution in [3.63, 3.8) is 0 Å². The lowest BCUT2D eigenvalue weighted by Gasteiger charge is -2.22. The maximum atomic E-state index is 4.81. The molecule has 0 spiro atoms. The van der Waals surface area contributed by atoms with E-state index in [2.05, 4.69) is 66.2 Å². The largest absolute Gasteiger partial charge is 0.252 e. The molecule has 0 amide bonds. The van der Waals surface area contributed by atoms with Gasteiger partial charge in [-0.25, -0.2) is 0 Å². The third-order valence-electron chi connectivity index (χ3n) is 3.50. The predicted octanol–water partition coefficient (Wildman–Crippen LogP) is 4.86. The third kappa shape index (κ3) is 1.72. The van der Waals surface area contributed by atoms with Crippen LogP contribution in [0.4, 0.5) is 5.69 Å². The van der Waals surface area contributed by atoms with Gasteiger partial charge in [-0.05, 0) is 29.3 Å². The van der Waals surface area contributed by atoms with Gasteiger partial charge in [0.05, 0.1) is 11.4 Å². The fourth-order valence-corrected chi connectivity index (χ4v) is 2.88. The molecule has 0 unspecified atom stereocenters. The van der Waals surface area contributed by atoms with Crippen LogP contribution in [0.5, 0.6) is 0 Å². The highest BCUT2D eigenvalue weighted by Crippen LogP contribution is 2.42. The minimum Gasteiger partial charge on any atom is -0.252 e. The molecule has 2 aromatic rings. The molecule has 0 fully saturated rings. The van der Waals surface area contributed by atoms with E-state index in [4.69, 9.17) is 4.99 Å². The van der Waals surface area contributed by atoms with Crippen LogP contribution in [0.2, 0.25) is 0 Å². The fourth-order valence-electron chi connectivity index (χ4n) is 2.52. The molecule has 1 aliphatic rings. The van der Waals surface area contributed by atoms with E-state index in [1.54, 1.807) is 0 Å². The Kier molecular flexibility index (Phi) is 2.63. The van der Waals surface area contributed by atoms with Gasteiger partial charge in [0.1, 0.15) is 0 Å². The first-order chi connectivity index (χ1) is 8.59. The topological polar surface area (TPSA) is 12.4 Å². The van der Waals surface area contributed by atoms with E-state index in [-0.39, 0.29) is 5.41 Å². The van der Waals surface area contributed by atoms with E-state index in [1.807, 2.05) is 12.1 Å². The summed E-state index contributed by atoms with van der Waals surface area (Å²) in [7, 11) is 0. The van der Waals surface area contributed by atoms with E-state index >= 15 is 0 Å². The zero-order valence-electron chi connectivity index (χ0n) is 10.4. The van der Waals surface area contributed by atoms with Crippen molar-refractivity contribution in [2.24, 2.45) is 4.99 Å². The summed E-state index contributed by atoms with van der Waals surface area (Å²) in [4.78, 5) is 4.81. The molecule has 90 valence electrons. The average molecular weight is 300 g/mol. The average Bonchev–Trinajstić information content (AvgIpc) is 2.63. The van der Waals surface area contributed by atoms with Crippen LogP contribution in [0, 0.1) is 0 Å². The lowest BCUT2D eigenvalue weighted by atomic mass is 9.79. The summed E-state index contributed by atoms with van der Waals surface area (Å²) in [6.45, 7) is 4.47. The first kappa shape index (κ1) is 11.7. The number of hydrogen-bond donors (Lipinski definition) is 0. The van der Waals surface area contributed by atoms with Gasteiger partial charge in [0.2, 0.25) is 0 Å². The quantitative estimate of drug-likeness (QED) is 0.713. The van der Waals surface area contributed by atoms with Crippen molar-refractivity contribution in [1.29, 1.82) is 0 Å². The van der Waals surface area contributed by atoms with E-state index < -0.39 is 0 Å². The minimum atomic E-state index is -0.0412. The number of hydrogen-bond acceptors (Lipinski definition) is 1. The van der Waals surface area contributed by atoms with Crippen LogP contribution in [0.25, 0.3) is 0 Å². The summed E-state index contributed by atoms with van der Waals surface area (Å²) >= 11 is 3.54. The molecule has 3 rings (SSSR count). The first-order valence-electron chi connectivity index (χ1n) is 6.03. The summed E-state index contributed by atoms with van der Waals surface area (Å²) in [5.74, 6) is 0. The zero-order valence-corrected chi connectivity index (χ0v) is 12.0. The number of halogens is 1. The molecule has 1 aliphatic heterocycles. The number of nitrogens with zero attached hydrogens (tertiary/aromatic N) is 1. The second-order valence-electron chi connectivity index (χ2n) is 5.11. The Morgan fingerprint density at radius 2 is 1.72 bits per heavy atom. The minimum absolute atomic E-state index is 0.0412. The number of aliphatic imine (C=N–C) groups is 1. The normalized spacial score (nSPS) is 16.3. The molecule has 0 saturated heterocycles. The van der Waals surface area contributed by atoms with Gasteiger partial charge < -0.3 is 0 Å². The highest BCUT2D eigenvalue weighted by Gasteiger charge is 2.35. The van der Waals surface area contributed by atoms with Crippen molar-refractivity contribution in [2.75, 3.05) is 0 Å². The molecule has 1 heterocycles. The van der Waals surface area contributed by atoms with Gasteiger partial charge in [-0.15, -0.1) is 0 Å². The molecule has 18 heavy (non-hydrogen) atoms. The second kappa shape index (κ2) is 4.06.